The van der Waals surface area contributed by atoms with Crippen molar-refractivity contribution < 1.29 is 14.3 Å². The lowest BCUT2D eigenvalue weighted by molar-refractivity contribution is -0.115. The predicted octanol–water partition coefficient (Wildman–Crippen LogP) is 1.67. The minimum atomic E-state index is -0.648. The highest BCUT2D eigenvalue weighted by molar-refractivity contribution is 5.94. The molecule has 0 unspecified atom stereocenters. The van der Waals surface area contributed by atoms with Crippen molar-refractivity contribution in [3.05, 3.63) is 24.3 Å². The van der Waals surface area contributed by atoms with Gasteiger partial charge in [-0.05, 0) is 25.2 Å². The van der Waals surface area contributed by atoms with E-state index in [1.807, 2.05) is 28.8 Å². The molecule has 0 saturated heterocycles. The van der Waals surface area contributed by atoms with Crippen LogP contribution >= 0.6 is 0 Å². The second kappa shape index (κ2) is 9.03. The molecule has 0 radical (unpaired) electrons. The van der Waals surface area contributed by atoms with Crippen LogP contribution in [0.2, 0.25) is 0 Å². The second-order valence-corrected chi connectivity index (χ2v) is 5.50. The lowest BCUT2D eigenvalue weighted by atomic mass is 10.3. The molecule has 1 aromatic carbocycles. The molecule has 0 bridgehead atoms. The third kappa shape index (κ3) is 4.93. The second-order valence-electron chi connectivity index (χ2n) is 5.50. The zero-order valence-corrected chi connectivity index (χ0v) is 14.9. The van der Waals surface area contributed by atoms with Gasteiger partial charge >= 0.3 is 6.09 Å². The SMILES string of the molecule is CCN(CC)CCn1c(NC(=O)CNC(=O)OC)nc2ccccc21. The summed E-state index contributed by atoms with van der Waals surface area (Å²) in [6.07, 6.45) is -0.648. The Bertz CT molecular complexity index is 724. The number of nitrogens with zero attached hydrogens (tertiary/aromatic N) is 3. The average Bonchev–Trinajstić information content (AvgIpc) is 2.97. The number of aromatic nitrogens is 2. The van der Waals surface area contributed by atoms with Crippen molar-refractivity contribution >= 4 is 29.0 Å². The first-order chi connectivity index (χ1) is 12.1. The van der Waals surface area contributed by atoms with Gasteiger partial charge in [-0.15, -0.1) is 0 Å². The van der Waals surface area contributed by atoms with E-state index in [1.54, 1.807) is 0 Å². The molecular weight excluding hydrogens is 322 g/mol. The maximum Gasteiger partial charge on any atom is 0.407 e. The van der Waals surface area contributed by atoms with Gasteiger partial charge in [-0.1, -0.05) is 26.0 Å². The van der Waals surface area contributed by atoms with Crippen LogP contribution in [0.3, 0.4) is 0 Å². The number of likely N-dealkylation sites (N-methyl/N-ethyl adjacent to an activating group) is 1. The quantitative estimate of drug-likeness (QED) is 0.758. The average molecular weight is 347 g/mol. The van der Waals surface area contributed by atoms with Crippen molar-refractivity contribution in [3.63, 3.8) is 0 Å². The monoisotopic (exact) mass is 347 g/mol. The molecule has 0 aliphatic heterocycles. The Hall–Kier alpha value is -2.61. The summed E-state index contributed by atoms with van der Waals surface area (Å²) in [4.78, 5) is 30.0. The van der Waals surface area contributed by atoms with E-state index < -0.39 is 6.09 Å². The van der Waals surface area contributed by atoms with E-state index >= 15 is 0 Å². The van der Waals surface area contributed by atoms with Crippen LogP contribution in [0, 0.1) is 0 Å². The Kier molecular flexibility index (Phi) is 6.76. The van der Waals surface area contributed by atoms with Gasteiger partial charge in [0, 0.05) is 13.1 Å². The van der Waals surface area contributed by atoms with E-state index in [4.69, 9.17) is 0 Å². The van der Waals surface area contributed by atoms with Gasteiger partial charge in [0.1, 0.15) is 6.54 Å². The summed E-state index contributed by atoms with van der Waals surface area (Å²) >= 11 is 0. The third-order valence-electron chi connectivity index (χ3n) is 4.02. The molecular formula is C17H25N5O3. The number of benzene rings is 1. The van der Waals surface area contributed by atoms with E-state index in [0.29, 0.717) is 12.5 Å². The molecule has 1 aromatic heterocycles. The largest absolute Gasteiger partial charge is 0.453 e. The smallest absolute Gasteiger partial charge is 0.407 e. The van der Waals surface area contributed by atoms with Gasteiger partial charge < -0.3 is 19.5 Å². The van der Waals surface area contributed by atoms with E-state index in [9.17, 15) is 9.59 Å². The predicted molar refractivity (Wildman–Crippen MR) is 96.6 cm³/mol. The minimum Gasteiger partial charge on any atom is -0.453 e. The Balaban J connectivity index is 2.15. The molecule has 2 rings (SSSR count). The molecule has 2 amide bonds. The maximum absolute atomic E-state index is 12.1. The molecule has 0 fully saturated rings. The number of methoxy groups -OCH3 is 1. The van der Waals surface area contributed by atoms with Gasteiger partial charge in [0.05, 0.1) is 18.1 Å². The number of ether oxygens (including phenoxy) is 1. The van der Waals surface area contributed by atoms with Crippen molar-refractivity contribution in [1.29, 1.82) is 0 Å². The highest BCUT2D eigenvalue weighted by atomic mass is 16.5. The zero-order chi connectivity index (χ0) is 18.2. The Morgan fingerprint density at radius 1 is 1.24 bits per heavy atom. The van der Waals surface area contributed by atoms with Crippen molar-refractivity contribution in [2.45, 2.75) is 20.4 Å². The summed E-state index contributed by atoms with van der Waals surface area (Å²) in [5.41, 5.74) is 1.78. The number of amides is 2. The number of hydrogen-bond acceptors (Lipinski definition) is 5. The van der Waals surface area contributed by atoms with Crippen molar-refractivity contribution in [2.24, 2.45) is 0 Å². The lowest BCUT2D eigenvalue weighted by Gasteiger charge is -2.19. The first-order valence-electron chi connectivity index (χ1n) is 8.38. The normalized spacial score (nSPS) is 10.9. The number of carbonyl (C=O) groups excluding carboxylic acids is 2. The van der Waals surface area contributed by atoms with E-state index in [0.717, 1.165) is 30.7 Å². The van der Waals surface area contributed by atoms with E-state index in [2.05, 4.69) is 39.1 Å². The van der Waals surface area contributed by atoms with Crippen LogP contribution in [0.25, 0.3) is 11.0 Å². The molecule has 1 heterocycles. The standard InChI is InChI=1S/C17H25N5O3/c1-4-21(5-2)10-11-22-14-9-7-6-8-13(14)19-16(22)20-15(23)12-18-17(24)25-3/h6-9H,4-5,10-12H2,1-3H3,(H,18,24)(H,19,20,23). The summed E-state index contributed by atoms with van der Waals surface area (Å²) in [6.45, 7) is 7.57. The van der Waals surface area contributed by atoms with Crippen molar-refractivity contribution in [3.8, 4) is 0 Å². The summed E-state index contributed by atoms with van der Waals surface area (Å²) in [5, 5.41) is 5.12. The van der Waals surface area contributed by atoms with Gasteiger partial charge in [-0.3, -0.25) is 10.1 Å². The first kappa shape index (κ1) is 18.7. The van der Waals surface area contributed by atoms with Crippen LogP contribution in [0.4, 0.5) is 10.7 Å². The summed E-state index contributed by atoms with van der Waals surface area (Å²) in [6, 6.07) is 7.75. The number of para-hydroxylation sites is 2. The molecule has 2 aromatic rings. The molecule has 0 atom stereocenters. The number of anilines is 1. The topological polar surface area (TPSA) is 88.5 Å². The van der Waals surface area contributed by atoms with Crippen LogP contribution in [0.1, 0.15) is 13.8 Å². The van der Waals surface area contributed by atoms with Crippen LogP contribution in [0.5, 0.6) is 0 Å². The summed E-state index contributed by atoms with van der Waals surface area (Å²) in [5.74, 6) is 0.120. The van der Waals surface area contributed by atoms with Gasteiger partial charge in [0.25, 0.3) is 0 Å². The molecule has 2 N–H and O–H groups in total. The van der Waals surface area contributed by atoms with Gasteiger partial charge in [0.2, 0.25) is 11.9 Å². The fourth-order valence-corrected chi connectivity index (χ4v) is 2.57. The first-order valence-corrected chi connectivity index (χ1v) is 8.38. The van der Waals surface area contributed by atoms with Crippen LogP contribution < -0.4 is 10.6 Å². The summed E-state index contributed by atoms with van der Waals surface area (Å²) in [7, 11) is 1.25. The van der Waals surface area contributed by atoms with Crippen LogP contribution in [0.15, 0.2) is 24.3 Å². The molecule has 0 spiro atoms. The number of alkyl carbamates (subject to hydrolysis) is 1. The highest BCUT2D eigenvalue weighted by Gasteiger charge is 2.14. The molecule has 25 heavy (non-hydrogen) atoms. The molecule has 0 saturated carbocycles. The van der Waals surface area contributed by atoms with Crippen LogP contribution in [-0.4, -0.2) is 59.7 Å². The number of hydrogen-bond donors (Lipinski definition) is 2. The molecule has 136 valence electrons. The number of imidazole rings is 1. The fourth-order valence-electron chi connectivity index (χ4n) is 2.57. The number of rotatable bonds is 8. The van der Waals surface area contributed by atoms with Gasteiger partial charge in [0.15, 0.2) is 0 Å². The molecule has 0 aliphatic rings. The Morgan fingerprint density at radius 3 is 2.64 bits per heavy atom. The minimum absolute atomic E-state index is 0.175. The molecule has 8 heteroatoms. The summed E-state index contributed by atoms with van der Waals surface area (Å²) < 4.78 is 6.45. The lowest BCUT2D eigenvalue weighted by Crippen LogP contribution is -2.33. The fraction of sp³-hybridized carbons (Fsp3) is 0.471. The number of carbonyl (C=O) groups is 2. The maximum atomic E-state index is 12.1. The van der Waals surface area contributed by atoms with Crippen LogP contribution in [-0.2, 0) is 16.1 Å². The van der Waals surface area contributed by atoms with E-state index in [-0.39, 0.29) is 12.5 Å². The molecule has 0 aliphatic carbocycles. The number of fused-ring (bicyclic) bond motifs is 1. The third-order valence-corrected chi connectivity index (χ3v) is 4.02. The Labute approximate surface area is 147 Å². The molecule has 8 nitrogen and oxygen atoms in total. The van der Waals surface area contributed by atoms with Gasteiger partial charge in [-0.2, -0.15) is 0 Å². The van der Waals surface area contributed by atoms with Gasteiger partial charge in [-0.25, -0.2) is 9.78 Å². The van der Waals surface area contributed by atoms with E-state index in [1.165, 1.54) is 7.11 Å². The van der Waals surface area contributed by atoms with Crippen molar-refractivity contribution in [2.75, 3.05) is 38.6 Å². The number of nitrogens with one attached hydrogen (secondary N) is 2. The Morgan fingerprint density at radius 2 is 1.96 bits per heavy atom. The van der Waals surface area contributed by atoms with Crippen molar-refractivity contribution in [1.82, 2.24) is 19.8 Å². The zero-order valence-electron chi connectivity index (χ0n) is 14.9. The highest BCUT2D eigenvalue weighted by Crippen LogP contribution is 2.19.